The largest absolute Gasteiger partial charge is 0.477 e. The van der Waals surface area contributed by atoms with Gasteiger partial charge >= 0.3 is 5.97 Å². The Morgan fingerprint density at radius 2 is 0.700 bits per heavy atom. The molecule has 0 saturated heterocycles. The van der Waals surface area contributed by atoms with Crippen LogP contribution in [0.2, 0.25) is 0 Å². The van der Waals surface area contributed by atoms with Gasteiger partial charge in [-0.15, -0.1) is 70.8 Å². The van der Waals surface area contributed by atoms with Crippen LogP contribution < -0.4 is 0 Å². The number of hydrogen-bond donors (Lipinski definition) is 1. The fourth-order valence-corrected chi connectivity index (χ4v) is 10.5. The smallest absolute Gasteiger partial charge is 0.354 e. The van der Waals surface area contributed by atoms with Crippen molar-refractivity contribution >= 4 is 71.1 Å². The molecular weight excluding hydrogens is 1160 g/mol. The van der Waals surface area contributed by atoms with Gasteiger partial charge in [0.05, 0.1) is 56.5 Å². The summed E-state index contributed by atoms with van der Waals surface area (Å²) in [6, 6.07) is 82.1. The van der Waals surface area contributed by atoms with E-state index in [1.165, 1.54) is 23.4 Å². The van der Waals surface area contributed by atoms with E-state index in [1.807, 2.05) is 48.5 Å². The van der Waals surface area contributed by atoms with Crippen LogP contribution in [-0.2, 0) is 20.1 Å². The molecular formula is C70H45IrN7O2-2. The molecule has 0 unspecified atom stereocenters. The van der Waals surface area contributed by atoms with Crippen molar-refractivity contribution in [3.63, 3.8) is 0 Å². The van der Waals surface area contributed by atoms with E-state index >= 15 is 0 Å². The van der Waals surface area contributed by atoms with Gasteiger partial charge in [0.25, 0.3) is 0 Å². The number of carbonyl (C=O) groups is 1. The van der Waals surface area contributed by atoms with Gasteiger partial charge in [0.1, 0.15) is 5.69 Å². The van der Waals surface area contributed by atoms with Gasteiger partial charge in [-0.05, 0) is 36.4 Å². The third-order valence-electron chi connectivity index (χ3n) is 14.1. The zero-order chi connectivity index (χ0) is 53.4. The van der Waals surface area contributed by atoms with Crippen molar-refractivity contribution in [2.45, 2.75) is 13.8 Å². The van der Waals surface area contributed by atoms with Crippen LogP contribution in [0.5, 0.6) is 0 Å². The van der Waals surface area contributed by atoms with Gasteiger partial charge in [-0.25, -0.2) is 19.7 Å². The predicted octanol–water partition coefficient (Wildman–Crippen LogP) is 16.5. The Bertz CT molecular complexity index is 4210. The zero-order valence-electron chi connectivity index (χ0n) is 43.3. The molecule has 0 aliphatic heterocycles. The van der Waals surface area contributed by atoms with E-state index in [0.29, 0.717) is 11.6 Å². The number of rotatable bonds is 7. The normalized spacial score (nSPS) is 11.1. The molecule has 15 rings (SSSR count). The summed E-state index contributed by atoms with van der Waals surface area (Å²) in [7, 11) is 0. The van der Waals surface area contributed by atoms with E-state index in [9.17, 15) is 4.79 Å². The summed E-state index contributed by atoms with van der Waals surface area (Å²) >= 11 is 0. The molecule has 1 N–H and O–H groups in total. The number of hydrogen-bond acceptors (Lipinski definition) is 8. The molecule has 0 amide bonds. The van der Waals surface area contributed by atoms with E-state index in [4.69, 9.17) is 35.0 Å². The number of aromatic nitrogens is 7. The van der Waals surface area contributed by atoms with E-state index < -0.39 is 5.97 Å². The SMILES string of the molecule is Cc1cc[c-]c(-c2nc3ccc4c(-c5ccccc5)nc(-c5ccccc5)c5ccc(n2)c3c45)c1.Cc1cc[c-]c(-c2nc3ccc4c(-c5ccccc5)nc(-c5ccccc5)c5ccc(n2)c3c45)c1.O=C(O)c1ccccn1.[Ir]. The summed E-state index contributed by atoms with van der Waals surface area (Å²) in [5.74, 6) is 0.407. The Morgan fingerprint density at radius 1 is 0.375 bits per heavy atom. The maximum Gasteiger partial charge on any atom is 0.354 e. The van der Waals surface area contributed by atoms with Crippen LogP contribution in [0.15, 0.2) is 231 Å². The number of nitrogens with zero attached hydrogens (tertiary/aromatic N) is 7. The second-order valence-electron chi connectivity index (χ2n) is 19.3. The van der Waals surface area contributed by atoms with E-state index in [0.717, 1.165) is 121 Å². The number of pyridine rings is 3. The summed E-state index contributed by atoms with van der Waals surface area (Å²) in [5, 5.41) is 17.2. The predicted molar refractivity (Wildman–Crippen MR) is 318 cm³/mol. The molecule has 10 aromatic carbocycles. The summed E-state index contributed by atoms with van der Waals surface area (Å²) in [5.41, 5.74) is 16.2. The summed E-state index contributed by atoms with van der Waals surface area (Å²) in [6.45, 7) is 4.15. The zero-order valence-corrected chi connectivity index (χ0v) is 45.7. The molecule has 5 heterocycles. The first-order valence-corrected chi connectivity index (χ1v) is 25.9. The first kappa shape index (κ1) is 50.8. The standard InChI is InChI=1S/2C32H20N3.C6H5NO2.Ir/c2*1-20-9-8-14-23(19-20)32-33-26-17-15-24-28-25(16-18-27(34-32)29(26)28)31(22-12-6-3-7-13-22)35-30(24)21-10-4-2-5-11-21;8-6(9)5-3-1-2-4-7-5;/h2*2-13,15-19H,1H3;1-4H,(H,8,9);/q2*-1;;. The van der Waals surface area contributed by atoms with Crippen LogP contribution in [0.25, 0.3) is 133 Å². The Kier molecular flexibility index (Phi) is 13.8. The van der Waals surface area contributed by atoms with Gasteiger partial charge < -0.3 is 5.11 Å². The minimum Gasteiger partial charge on any atom is -0.477 e. The molecule has 5 aromatic heterocycles. The van der Waals surface area contributed by atoms with Crippen LogP contribution in [-0.4, -0.2) is 46.0 Å². The quantitative estimate of drug-likeness (QED) is 0.123. The van der Waals surface area contributed by atoms with E-state index in [2.05, 4.69) is 189 Å². The van der Waals surface area contributed by atoms with Crippen molar-refractivity contribution in [2.24, 2.45) is 0 Å². The molecule has 0 aliphatic rings. The van der Waals surface area contributed by atoms with E-state index in [-0.39, 0.29) is 25.8 Å². The second kappa shape index (κ2) is 21.8. The van der Waals surface area contributed by atoms with Crippen molar-refractivity contribution < 1.29 is 30.0 Å². The minimum absolute atomic E-state index is 0. The summed E-state index contributed by atoms with van der Waals surface area (Å²) in [4.78, 5) is 44.1. The van der Waals surface area contributed by atoms with Gasteiger partial charge in [-0.1, -0.05) is 166 Å². The fourth-order valence-electron chi connectivity index (χ4n) is 10.5. The van der Waals surface area contributed by atoms with Crippen LogP contribution in [0.4, 0.5) is 0 Å². The molecule has 0 fully saturated rings. The Morgan fingerprint density at radius 3 is 0.975 bits per heavy atom. The van der Waals surface area contributed by atoms with Crippen molar-refractivity contribution in [1.29, 1.82) is 0 Å². The van der Waals surface area contributed by atoms with Crippen LogP contribution >= 0.6 is 0 Å². The topological polar surface area (TPSA) is 128 Å². The first-order valence-electron chi connectivity index (χ1n) is 25.9. The first-order chi connectivity index (χ1) is 38.8. The number of carboxylic acids is 1. The molecule has 0 bridgehead atoms. The molecule has 9 nitrogen and oxygen atoms in total. The molecule has 10 heteroatoms. The number of aromatic carboxylic acids is 1. The summed E-state index contributed by atoms with van der Waals surface area (Å²) in [6.07, 6.45) is 1.45. The van der Waals surface area contributed by atoms with Crippen molar-refractivity contribution in [1.82, 2.24) is 34.9 Å². The number of aryl methyl sites for hydroxylation is 2. The third kappa shape index (κ3) is 9.64. The van der Waals surface area contributed by atoms with Gasteiger partial charge in [0.2, 0.25) is 0 Å². The van der Waals surface area contributed by atoms with Gasteiger partial charge in [-0.3, -0.25) is 19.9 Å². The van der Waals surface area contributed by atoms with Gasteiger partial charge in [0.15, 0.2) is 0 Å². The third-order valence-corrected chi connectivity index (χ3v) is 14.1. The molecule has 0 saturated carbocycles. The van der Waals surface area contributed by atoms with Crippen molar-refractivity contribution in [3.05, 3.63) is 260 Å². The Balaban J connectivity index is 0.000000136. The number of benzene rings is 10. The van der Waals surface area contributed by atoms with Crippen LogP contribution in [0, 0.1) is 26.0 Å². The maximum atomic E-state index is 10.1. The molecule has 15 aromatic rings. The van der Waals surface area contributed by atoms with E-state index in [1.54, 1.807) is 12.1 Å². The van der Waals surface area contributed by atoms with Crippen molar-refractivity contribution in [2.75, 3.05) is 0 Å². The summed E-state index contributed by atoms with van der Waals surface area (Å²) < 4.78 is 0. The molecule has 383 valence electrons. The van der Waals surface area contributed by atoms with Crippen LogP contribution in [0.3, 0.4) is 0 Å². The Hall–Kier alpha value is -9.99. The monoisotopic (exact) mass is 1210 g/mol. The second-order valence-corrected chi connectivity index (χ2v) is 19.3. The molecule has 80 heavy (non-hydrogen) atoms. The molecule has 0 aliphatic carbocycles. The number of carboxylic acid groups (broad SMARTS) is 1. The minimum atomic E-state index is -0.990. The molecule has 0 atom stereocenters. The average Bonchev–Trinajstić information content (AvgIpc) is 3.64. The Labute approximate surface area is 474 Å². The van der Waals surface area contributed by atoms with Crippen LogP contribution in [0.1, 0.15) is 21.6 Å². The molecule has 1 radical (unpaired) electrons. The van der Waals surface area contributed by atoms with Gasteiger partial charge in [0, 0.05) is 91.6 Å². The van der Waals surface area contributed by atoms with Crippen molar-refractivity contribution in [3.8, 4) is 67.8 Å². The average molecular weight is 1210 g/mol. The van der Waals surface area contributed by atoms with Gasteiger partial charge in [-0.2, -0.15) is 0 Å². The fraction of sp³-hybridized carbons (Fsp3) is 0.0286. The maximum absolute atomic E-state index is 10.1. The molecule has 0 spiro atoms.